The largest absolute Gasteiger partial charge is 0.420 e. The van der Waals surface area contributed by atoms with E-state index in [1.165, 1.54) is 4.57 Å². The van der Waals surface area contributed by atoms with Gasteiger partial charge in [0.05, 0.1) is 5.52 Å². The number of carbonyl (C=O) groups is 1. The molecule has 0 fully saturated rings. The number of hydrogen-bond donors (Lipinski definition) is 3. The summed E-state index contributed by atoms with van der Waals surface area (Å²) in [5, 5.41) is 14.6. The molecule has 7 heteroatoms. The number of para-hydroxylation sites is 2. The number of benzene rings is 1. The summed E-state index contributed by atoms with van der Waals surface area (Å²) in [6.07, 6.45) is 0.511. The van der Waals surface area contributed by atoms with Gasteiger partial charge in [-0.2, -0.15) is 0 Å². The first-order chi connectivity index (χ1) is 11.0. The molecule has 2 rings (SSSR count). The highest BCUT2D eigenvalue weighted by Crippen LogP contribution is 2.11. The molecule has 1 aromatic carbocycles. The van der Waals surface area contributed by atoms with Crippen molar-refractivity contribution in [3.8, 4) is 0 Å². The highest BCUT2D eigenvalue weighted by molar-refractivity contribution is 5.74. The molecule has 126 valence electrons. The Kier molecular flexibility index (Phi) is 5.81. The van der Waals surface area contributed by atoms with Gasteiger partial charge in [0, 0.05) is 25.7 Å². The second kappa shape index (κ2) is 7.82. The molecule has 3 N–H and O–H groups in total. The molecule has 0 aliphatic carbocycles. The van der Waals surface area contributed by atoms with Crippen LogP contribution in [0.5, 0.6) is 0 Å². The van der Waals surface area contributed by atoms with Crippen molar-refractivity contribution in [1.82, 2.24) is 15.2 Å². The molecule has 0 radical (unpaired) electrons. The molecule has 0 aliphatic rings. The van der Waals surface area contributed by atoms with Crippen molar-refractivity contribution in [3.05, 3.63) is 34.8 Å². The number of carbonyl (C=O) groups excluding carboxylic acids is 1. The maximum atomic E-state index is 11.9. The molecule has 0 bridgehead atoms. The summed E-state index contributed by atoms with van der Waals surface area (Å²) in [7, 11) is 0. The molecule has 0 saturated carbocycles. The molecular weight excluding hydrogens is 298 g/mol. The second-order valence-corrected chi connectivity index (χ2v) is 5.75. The second-order valence-electron chi connectivity index (χ2n) is 5.75. The Morgan fingerprint density at radius 3 is 2.78 bits per heavy atom. The molecule has 1 aromatic heterocycles. The van der Waals surface area contributed by atoms with Crippen molar-refractivity contribution in [2.45, 2.75) is 32.9 Å². The van der Waals surface area contributed by atoms with E-state index < -0.39 is 5.76 Å². The van der Waals surface area contributed by atoms with Gasteiger partial charge in [-0.3, -0.25) is 4.57 Å². The lowest BCUT2D eigenvalue weighted by atomic mass is 10.0. The first-order valence-electron chi connectivity index (χ1n) is 7.76. The Hall–Kier alpha value is -2.28. The third kappa shape index (κ3) is 4.35. The quantitative estimate of drug-likeness (QED) is 0.716. The van der Waals surface area contributed by atoms with Crippen LogP contribution in [0.1, 0.15) is 20.3 Å². The smallest absolute Gasteiger partial charge is 0.408 e. The van der Waals surface area contributed by atoms with E-state index in [0.29, 0.717) is 30.6 Å². The maximum absolute atomic E-state index is 11.9. The highest BCUT2D eigenvalue weighted by Gasteiger charge is 2.15. The zero-order valence-electron chi connectivity index (χ0n) is 13.4. The van der Waals surface area contributed by atoms with E-state index in [4.69, 9.17) is 9.52 Å². The van der Waals surface area contributed by atoms with Gasteiger partial charge in [-0.1, -0.05) is 26.0 Å². The third-order valence-electron chi connectivity index (χ3n) is 3.76. The van der Waals surface area contributed by atoms with Crippen LogP contribution in [0.25, 0.3) is 11.1 Å². The molecule has 2 aromatic rings. The van der Waals surface area contributed by atoms with Crippen LogP contribution in [0.15, 0.2) is 33.5 Å². The lowest BCUT2D eigenvalue weighted by Gasteiger charge is -2.21. The Morgan fingerprint density at radius 1 is 1.35 bits per heavy atom. The summed E-state index contributed by atoms with van der Waals surface area (Å²) in [5.41, 5.74) is 1.24. The average molecular weight is 321 g/mol. The fourth-order valence-corrected chi connectivity index (χ4v) is 2.44. The number of aliphatic hydroxyl groups is 1. The van der Waals surface area contributed by atoms with Crippen LogP contribution >= 0.6 is 0 Å². The van der Waals surface area contributed by atoms with E-state index in [2.05, 4.69) is 10.6 Å². The van der Waals surface area contributed by atoms with Gasteiger partial charge in [0.25, 0.3) is 0 Å². The molecule has 0 aliphatic heterocycles. The van der Waals surface area contributed by atoms with Crippen LogP contribution in [0.3, 0.4) is 0 Å². The molecule has 0 saturated heterocycles. The molecule has 2 amide bonds. The summed E-state index contributed by atoms with van der Waals surface area (Å²) in [4.78, 5) is 23.7. The molecule has 1 unspecified atom stereocenters. The number of hydrogen-bond acceptors (Lipinski definition) is 4. The fourth-order valence-electron chi connectivity index (χ4n) is 2.44. The first kappa shape index (κ1) is 17.1. The topological polar surface area (TPSA) is 96.5 Å². The maximum Gasteiger partial charge on any atom is 0.420 e. The predicted octanol–water partition coefficient (Wildman–Crippen LogP) is 1.30. The van der Waals surface area contributed by atoms with Crippen molar-refractivity contribution in [3.63, 3.8) is 0 Å². The number of oxazole rings is 1. The predicted molar refractivity (Wildman–Crippen MR) is 87.3 cm³/mol. The van der Waals surface area contributed by atoms with E-state index >= 15 is 0 Å². The van der Waals surface area contributed by atoms with Gasteiger partial charge in [-0.15, -0.1) is 0 Å². The first-order valence-corrected chi connectivity index (χ1v) is 7.76. The third-order valence-corrected chi connectivity index (χ3v) is 3.76. The zero-order chi connectivity index (χ0) is 16.8. The van der Waals surface area contributed by atoms with Crippen molar-refractivity contribution in [1.29, 1.82) is 0 Å². The van der Waals surface area contributed by atoms with E-state index in [-0.39, 0.29) is 24.6 Å². The normalized spacial score (nSPS) is 12.5. The summed E-state index contributed by atoms with van der Waals surface area (Å²) in [5.74, 6) is -0.206. The van der Waals surface area contributed by atoms with Gasteiger partial charge in [0.2, 0.25) is 0 Å². The van der Waals surface area contributed by atoms with Crippen LogP contribution in [0.4, 0.5) is 4.79 Å². The number of fused-ring (bicyclic) bond motifs is 1. The fraction of sp³-hybridized carbons (Fsp3) is 0.500. The van der Waals surface area contributed by atoms with Crippen LogP contribution in [0, 0.1) is 5.92 Å². The standard InChI is InChI=1S/C16H23N3O4/c1-11(2)12(7-10-20)18-15(21)17-8-9-19-13-5-3-4-6-14(13)23-16(19)22/h3-6,11-12,20H,7-10H2,1-2H3,(H2,17,18,21). The molecule has 0 spiro atoms. The highest BCUT2D eigenvalue weighted by atomic mass is 16.4. The van der Waals surface area contributed by atoms with Crippen molar-refractivity contribution < 1.29 is 14.3 Å². The number of urea groups is 1. The van der Waals surface area contributed by atoms with Crippen LogP contribution in [-0.2, 0) is 6.54 Å². The number of nitrogens with zero attached hydrogens (tertiary/aromatic N) is 1. The Morgan fingerprint density at radius 2 is 2.09 bits per heavy atom. The number of rotatable bonds is 7. The summed E-state index contributed by atoms with van der Waals surface area (Å²) in [6.45, 7) is 4.63. The van der Waals surface area contributed by atoms with Crippen LogP contribution in [-0.4, -0.2) is 34.9 Å². The molecule has 1 atom stereocenters. The van der Waals surface area contributed by atoms with Gasteiger partial charge in [-0.05, 0) is 24.5 Å². The van der Waals surface area contributed by atoms with E-state index in [9.17, 15) is 9.59 Å². The molecule has 1 heterocycles. The summed E-state index contributed by atoms with van der Waals surface area (Å²) in [6, 6.07) is 6.77. The van der Waals surface area contributed by atoms with Gasteiger partial charge in [-0.25, -0.2) is 9.59 Å². The van der Waals surface area contributed by atoms with Crippen molar-refractivity contribution in [2.24, 2.45) is 5.92 Å². The number of aromatic nitrogens is 1. The Bertz CT molecular complexity index is 705. The number of nitrogens with one attached hydrogen (secondary N) is 2. The van der Waals surface area contributed by atoms with Crippen LogP contribution < -0.4 is 16.4 Å². The van der Waals surface area contributed by atoms with Gasteiger partial charge in [0.1, 0.15) is 0 Å². The average Bonchev–Trinajstić information content (AvgIpc) is 2.83. The SMILES string of the molecule is CC(C)C(CCO)NC(=O)NCCn1c(=O)oc2ccccc21. The van der Waals surface area contributed by atoms with Gasteiger partial charge < -0.3 is 20.2 Å². The molecule has 7 nitrogen and oxygen atoms in total. The van der Waals surface area contributed by atoms with Gasteiger partial charge in [0.15, 0.2) is 5.58 Å². The minimum absolute atomic E-state index is 0.0273. The zero-order valence-corrected chi connectivity index (χ0v) is 13.4. The number of aliphatic hydroxyl groups excluding tert-OH is 1. The summed E-state index contributed by atoms with van der Waals surface area (Å²) >= 11 is 0. The minimum atomic E-state index is -0.436. The van der Waals surface area contributed by atoms with Crippen molar-refractivity contribution in [2.75, 3.05) is 13.2 Å². The summed E-state index contributed by atoms with van der Waals surface area (Å²) < 4.78 is 6.63. The van der Waals surface area contributed by atoms with Crippen molar-refractivity contribution >= 4 is 17.1 Å². The van der Waals surface area contributed by atoms with E-state index in [1.807, 2.05) is 19.9 Å². The van der Waals surface area contributed by atoms with E-state index in [0.717, 1.165) is 0 Å². The Balaban J connectivity index is 1.90. The van der Waals surface area contributed by atoms with Crippen LogP contribution in [0.2, 0.25) is 0 Å². The lowest BCUT2D eigenvalue weighted by molar-refractivity contribution is 0.218. The minimum Gasteiger partial charge on any atom is -0.408 e. The Labute approximate surface area is 134 Å². The van der Waals surface area contributed by atoms with Gasteiger partial charge >= 0.3 is 11.8 Å². The lowest BCUT2D eigenvalue weighted by Crippen LogP contribution is -2.45. The molecular formula is C16H23N3O4. The monoisotopic (exact) mass is 321 g/mol. The van der Waals surface area contributed by atoms with E-state index in [1.54, 1.807) is 18.2 Å². The molecule has 23 heavy (non-hydrogen) atoms. The number of amides is 2.